The zero-order chi connectivity index (χ0) is 12.3. The summed E-state index contributed by atoms with van der Waals surface area (Å²) >= 11 is 1.88. The Labute approximate surface area is 108 Å². The van der Waals surface area contributed by atoms with E-state index in [1.165, 1.54) is 21.1 Å². The van der Waals surface area contributed by atoms with Gasteiger partial charge in [-0.25, -0.2) is 4.98 Å². The minimum absolute atomic E-state index is 0.590. The van der Waals surface area contributed by atoms with Crippen LogP contribution in [0.5, 0.6) is 0 Å². The van der Waals surface area contributed by atoms with Gasteiger partial charge in [-0.1, -0.05) is 51.1 Å². The highest BCUT2D eigenvalue weighted by molar-refractivity contribution is 7.11. The van der Waals surface area contributed by atoms with Crippen molar-refractivity contribution in [3.63, 3.8) is 0 Å². The first-order chi connectivity index (χ1) is 8.20. The summed E-state index contributed by atoms with van der Waals surface area (Å²) in [6.07, 6.45) is 2.00. The van der Waals surface area contributed by atoms with Gasteiger partial charge in [-0.3, -0.25) is 0 Å². The van der Waals surface area contributed by atoms with Crippen LogP contribution >= 0.6 is 11.3 Å². The highest BCUT2D eigenvalue weighted by Gasteiger charge is 2.12. The molecular weight excluding hydrogens is 226 g/mol. The maximum atomic E-state index is 4.76. The summed E-state index contributed by atoms with van der Waals surface area (Å²) in [5.41, 5.74) is 2.63. The molecule has 90 valence electrons. The molecule has 0 spiro atoms. The van der Waals surface area contributed by atoms with Crippen molar-refractivity contribution in [2.24, 2.45) is 0 Å². The van der Waals surface area contributed by atoms with Crippen LogP contribution in [-0.4, -0.2) is 4.98 Å². The zero-order valence-corrected chi connectivity index (χ0v) is 11.6. The molecule has 1 nitrogen and oxygen atoms in total. The van der Waals surface area contributed by atoms with Crippen molar-refractivity contribution in [2.75, 3.05) is 0 Å². The number of nitrogens with zero attached hydrogens (tertiary/aromatic N) is 1. The number of hydrogen-bond donors (Lipinski definition) is 0. The van der Waals surface area contributed by atoms with Crippen LogP contribution in [0.4, 0.5) is 0 Å². The van der Waals surface area contributed by atoms with Crippen LogP contribution in [0.15, 0.2) is 30.3 Å². The average Bonchev–Trinajstić information content (AvgIpc) is 2.73. The second kappa shape index (κ2) is 5.46. The minimum atomic E-state index is 0.590. The van der Waals surface area contributed by atoms with Gasteiger partial charge in [-0.05, 0) is 17.9 Å². The van der Waals surface area contributed by atoms with Crippen molar-refractivity contribution in [2.45, 2.75) is 39.5 Å². The maximum Gasteiger partial charge on any atom is 0.0975 e. The summed E-state index contributed by atoms with van der Waals surface area (Å²) in [5, 5.41) is 1.25. The molecule has 0 bridgehead atoms. The first-order valence-electron chi connectivity index (χ1n) is 6.23. The molecule has 0 radical (unpaired) electrons. The first-order valence-corrected chi connectivity index (χ1v) is 7.04. The lowest BCUT2D eigenvalue weighted by Crippen LogP contribution is -1.91. The lowest BCUT2D eigenvalue weighted by atomic mass is 10.1. The Kier molecular flexibility index (Phi) is 3.95. The second-order valence-electron chi connectivity index (χ2n) is 4.59. The number of thiazole rings is 1. The van der Waals surface area contributed by atoms with E-state index in [2.05, 4.69) is 51.1 Å². The SMILES string of the molecule is CCc1nc(Cc2ccccc2)sc1C(C)C. The number of aromatic nitrogens is 1. The lowest BCUT2D eigenvalue weighted by Gasteiger charge is -2.01. The fourth-order valence-corrected chi connectivity index (χ4v) is 3.16. The lowest BCUT2D eigenvalue weighted by molar-refractivity contribution is 0.854. The molecule has 0 aliphatic heterocycles. The fraction of sp³-hybridized carbons (Fsp3) is 0.400. The molecule has 2 rings (SSSR count). The molecule has 0 unspecified atom stereocenters. The summed E-state index contributed by atoms with van der Waals surface area (Å²) in [5.74, 6) is 0.590. The molecule has 0 saturated carbocycles. The van der Waals surface area contributed by atoms with E-state index in [0.29, 0.717) is 5.92 Å². The van der Waals surface area contributed by atoms with Crippen LogP contribution in [0.3, 0.4) is 0 Å². The van der Waals surface area contributed by atoms with Crippen LogP contribution in [0.2, 0.25) is 0 Å². The van der Waals surface area contributed by atoms with Gasteiger partial charge in [0.25, 0.3) is 0 Å². The van der Waals surface area contributed by atoms with Crippen molar-refractivity contribution in [3.8, 4) is 0 Å². The molecule has 0 atom stereocenters. The summed E-state index contributed by atoms with van der Waals surface area (Å²) in [4.78, 5) is 6.22. The molecule has 2 heteroatoms. The smallest absolute Gasteiger partial charge is 0.0975 e. The monoisotopic (exact) mass is 245 g/mol. The predicted octanol–water partition coefficient (Wildman–Crippen LogP) is 4.42. The topological polar surface area (TPSA) is 12.9 Å². The van der Waals surface area contributed by atoms with Gasteiger partial charge in [0.2, 0.25) is 0 Å². The third-order valence-electron chi connectivity index (χ3n) is 2.83. The molecule has 0 fully saturated rings. The molecule has 0 amide bonds. The van der Waals surface area contributed by atoms with E-state index in [1.807, 2.05) is 11.3 Å². The standard InChI is InChI=1S/C15H19NS/c1-4-13-15(11(2)3)17-14(16-13)10-12-8-6-5-7-9-12/h5-9,11H,4,10H2,1-3H3. The van der Waals surface area contributed by atoms with Crippen molar-refractivity contribution in [1.29, 1.82) is 0 Å². The normalized spacial score (nSPS) is 11.1. The van der Waals surface area contributed by atoms with Crippen LogP contribution in [0.1, 0.15) is 47.8 Å². The van der Waals surface area contributed by atoms with Crippen LogP contribution < -0.4 is 0 Å². The van der Waals surface area contributed by atoms with Gasteiger partial charge in [0, 0.05) is 11.3 Å². The molecule has 0 saturated heterocycles. The van der Waals surface area contributed by atoms with E-state index in [0.717, 1.165) is 12.8 Å². The third kappa shape index (κ3) is 2.95. The number of rotatable bonds is 4. The minimum Gasteiger partial charge on any atom is -0.246 e. The second-order valence-corrected chi connectivity index (χ2v) is 5.70. The third-order valence-corrected chi connectivity index (χ3v) is 4.23. The number of aryl methyl sites for hydroxylation is 1. The Balaban J connectivity index is 2.23. The molecule has 0 aliphatic rings. The highest BCUT2D eigenvalue weighted by Crippen LogP contribution is 2.28. The molecule has 2 aromatic rings. The van der Waals surface area contributed by atoms with Gasteiger partial charge in [0.1, 0.15) is 0 Å². The van der Waals surface area contributed by atoms with Crippen molar-refractivity contribution < 1.29 is 0 Å². The van der Waals surface area contributed by atoms with Crippen molar-refractivity contribution in [1.82, 2.24) is 4.98 Å². The molecule has 0 N–H and O–H groups in total. The van der Waals surface area contributed by atoms with Gasteiger partial charge < -0.3 is 0 Å². The first kappa shape index (κ1) is 12.3. The Morgan fingerprint density at radius 3 is 2.41 bits per heavy atom. The molecule has 1 aromatic carbocycles. The van der Waals surface area contributed by atoms with Gasteiger partial charge in [0.05, 0.1) is 10.7 Å². The molecular formula is C15H19NS. The zero-order valence-electron chi connectivity index (χ0n) is 10.7. The molecule has 1 aromatic heterocycles. The van der Waals surface area contributed by atoms with Crippen molar-refractivity contribution >= 4 is 11.3 Å². The number of hydrogen-bond acceptors (Lipinski definition) is 2. The Morgan fingerprint density at radius 1 is 1.18 bits per heavy atom. The van der Waals surface area contributed by atoms with Gasteiger partial charge in [0.15, 0.2) is 0 Å². The van der Waals surface area contributed by atoms with E-state index >= 15 is 0 Å². The van der Waals surface area contributed by atoms with E-state index in [9.17, 15) is 0 Å². The van der Waals surface area contributed by atoms with Crippen LogP contribution in [0, 0.1) is 0 Å². The Hall–Kier alpha value is -1.15. The van der Waals surface area contributed by atoms with Gasteiger partial charge in [-0.2, -0.15) is 0 Å². The predicted molar refractivity (Wildman–Crippen MR) is 74.8 cm³/mol. The molecule has 1 heterocycles. The fourth-order valence-electron chi connectivity index (χ4n) is 1.96. The van der Waals surface area contributed by atoms with E-state index in [4.69, 9.17) is 4.98 Å². The van der Waals surface area contributed by atoms with Crippen LogP contribution in [-0.2, 0) is 12.8 Å². The van der Waals surface area contributed by atoms with Crippen LogP contribution in [0.25, 0.3) is 0 Å². The average molecular weight is 245 g/mol. The summed E-state index contributed by atoms with van der Waals surface area (Å²) in [6.45, 7) is 6.69. The van der Waals surface area contributed by atoms with E-state index in [1.54, 1.807) is 0 Å². The summed E-state index contributed by atoms with van der Waals surface area (Å²) < 4.78 is 0. The Morgan fingerprint density at radius 2 is 1.88 bits per heavy atom. The quantitative estimate of drug-likeness (QED) is 0.777. The van der Waals surface area contributed by atoms with Gasteiger partial charge in [-0.15, -0.1) is 11.3 Å². The molecule has 17 heavy (non-hydrogen) atoms. The largest absolute Gasteiger partial charge is 0.246 e. The number of benzene rings is 1. The summed E-state index contributed by atoms with van der Waals surface area (Å²) in [7, 11) is 0. The van der Waals surface area contributed by atoms with Crippen molar-refractivity contribution in [3.05, 3.63) is 51.5 Å². The maximum absolute atomic E-state index is 4.76. The highest BCUT2D eigenvalue weighted by atomic mass is 32.1. The van der Waals surface area contributed by atoms with E-state index in [-0.39, 0.29) is 0 Å². The van der Waals surface area contributed by atoms with Gasteiger partial charge >= 0.3 is 0 Å². The van der Waals surface area contributed by atoms with E-state index < -0.39 is 0 Å². The summed E-state index contributed by atoms with van der Waals surface area (Å²) in [6, 6.07) is 10.6. The molecule has 0 aliphatic carbocycles. The Bertz CT molecular complexity index is 471.